The van der Waals surface area contributed by atoms with Gasteiger partial charge in [-0.1, -0.05) is 18.2 Å². The molecule has 1 atom stereocenters. The fourth-order valence-corrected chi connectivity index (χ4v) is 2.39. The van der Waals surface area contributed by atoms with E-state index in [0.717, 1.165) is 27.8 Å². The molecule has 0 aliphatic carbocycles. The molecule has 0 spiro atoms. The van der Waals surface area contributed by atoms with Gasteiger partial charge in [0.15, 0.2) is 0 Å². The minimum absolute atomic E-state index is 0.0762. The molecule has 0 radical (unpaired) electrons. The smallest absolute Gasteiger partial charge is 0.121 e. The first kappa shape index (κ1) is 16.2. The molecule has 0 amide bonds. The molecule has 3 rings (SSSR count). The highest BCUT2D eigenvalue weighted by molar-refractivity contribution is 5.83. The van der Waals surface area contributed by atoms with Crippen LogP contribution in [0.1, 0.15) is 0 Å². The average molecular weight is 326 g/mol. The van der Waals surface area contributed by atoms with Gasteiger partial charge in [-0.2, -0.15) is 0 Å². The van der Waals surface area contributed by atoms with Crippen molar-refractivity contribution >= 4 is 16.6 Å². The monoisotopic (exact) mass is 326 g/mol. The number of aliphatic hydroxyl groups is 1. The molecule has 0 saturated heterocycles. The van der Waals surface area contributed by atoms with E-state index in [1.54, 1.807) is 12.1 Å². The Labute approximate surface area is 139 Å². The number of alkyl halides is 1. The van der Waals surface area contributed by atoms with Crippen LogP contribution >= 0.6 is 0 Å². The third-order valence-electron chi connectivity index (χ3n) is 3.75. The predicted octanol–water partition coefficient (Wildman–Crippen LogP) is 3.65. The Hall–Kier alpha value is -2.66. The van der Waals surface area contributed by atoms with Gasteiger partial charge >= 0.3 is 0 Å². The van der Waals surface area contributed by atoms with E-state index in [-0.39, 0.29) is 6.61 Å². The molecule has 0 fully saturated rings. The highest BCUT2D eigenvalue weighted by atomic mass is 19.1. The first-order valence-corrected chi connectivity index (χ1v) is 7.75. The summed E-state index contributed by atoms with van der Waals surface area (Å²) in [6, 6.07) is 17.5. The molecule has 24 heavy (non-hydrogen) atoms. The zero-order valence-electron chi connectivity index (χ0n) is 13.4. The van der Waals surface area contributed by atoms with Crippen molar-refractivity contribution in [3.8, 4) is 17.0 Å². The number of halogens is 1. The summed E-state index contributed by atoms with van der Waals surface area (Å²) in [4.78, 5) is 4.67. The van der Waals surface area contributed by atoms with E-state index in [4.69, 9.17) is 4.74 Å². The third-order valence-corrected chi connectivity index (χ3v) is 3.75. The quantitative estimate of drug-likeness (QED) is 0.726. The van der Waals surface area contributed by atoms with E-state index < -0.39 is 12.8 Å². The molecule has 5 heteroatoms. The van der Waals surface area contributed by atoms with Crippen LogP contribution in [-0.2, 0) is 0 Å². The lowest BCUT2D eigenvalue weighted by molar-refractivity contribution is 0.0842. The van der Waals surface area contributed by atoms with E-state index >= 15 is 0 Å². The summed E-state index contributed by atoms with van der Waals surface area (Å²) in [5.74, 6) is 0.560. The topological polar surface area (TPSA) is 54.4 Å². The fourth-order valence-electron chi connectivity index (χ4n) is 2.39. The van der Waals surface area contributed by atoms with Crippen LogP contribution in [0.15, 0.2) is 54.6 Å². The Morgan fingerprint density at radius 1 is 1.12 bits per heavy atom. The molecule has 2 N–H and O–H groups in total. The number of benzene rings is 2. The van der Waals surface area contributed by atoms with Crippen molar-refractivity contribution in [2.24, 2.45) is 0 Å². The molecule has 4 nitrogen and oxygen atoms in total. The van der Waals surface area contributed by atoms with Crippen molar-refractivity contribution < 1.29 is 14.2 Å². The minimum atomic E-state index is -1.11. The molecule has 1 aromatic heterocycles. The van der Waals surface area contributed by atoms with Gasteiger partial charge in [0.25, 0.3) is 0 Å². The first-order valence-electron chi connectivity index (χ1n) is 7.75. The van der Waals surface area contributed by atoms with Crippen LogP contribution in [0.3, 0.4) is 0 Å². The second kappa shape index (κ2) is 7.27. The number of aliphatic hydroxyl groups excluding tert-OH is 1. The summed E-state index contributed by atoms with van der Waals surface area (Å²) >= 11 is 0. The normalized spacial score (nSPS) is 12.1. The summed E-state index contributed by atoms with van der Waals surface area (Å²) in [5, 5.41) is 13.3. The maximum atomic E-state index is 12.3. The number of hydrogen-bond donors (Lipinski definition) is 2. The minimum Gasteiger partial charge on any atom is -0.491 e. The Morgan fingerprint density at radius 2 is 1.88 bits per heavy atom. The largest absolute Gasteiger partial charge is 0.491 e. The number of aromatic nitrogens is 1. The highest BCUT2D eigenvalue weighted by Crippen LogP contribution is 2.25. The van der Waals surface area contributed by atoms with Crippen LogP contribution in [0.2, 0.25) is 0 Å². The Bertz CT molecular complexity index is 821. The summed E-state index contributed by atoms with van der Waals surface area (Å²) in [6.45, 7) is -0.897. The van der Waals surface area contributed by atoms with E-state index in [1.165, 1.54) is 0 Å². The Balaban J connectivity index is 1.87. The van der Waals surface area contributed by atoms with E-state index in [1.807, 2.05) is 49.5 Å². The number of fused-ring (bicyclic) bond motifs is 1. The van der Waals surface area contributed by atoms with Crippen LogP contribution in [0.5, 0.6) is 5.75 Å². The standard InChI is InChI=1S/C19H19FN2O2/c1-21-15-6-2-13(3-7-15)18-9-5-14-4-8-17(10-19(14)22-18)24-12-16(23)11-20/h2-10,16,21,23H,11-12H2,1H3. The second-order valence-corrected chi connectivity index (χ2v) is 5.50. The zero-order chi connectivity index (χ0) is 16.9. The second-order valence-electron chi connectivity index (χ2n) is 5.50. The Kier molecular flexibility index (Phi) is 4.91. The number of ether oxygens (including phenoxy) is 1. The SMILES string of the molecule is CNc1ccc(-c2ccc3ccc(OCC(O)CF)cc3n2)cc1. The van der Waals surface area contributed by atoms with Gasteiger partial charge in [-0.25, -0.2) is 9.37 Å². The number of hydrogen-bond acceptors (Lipinski definition) is 4. The molecule has 0 bridgehead atoms. The van der Waals surface area contributed by atoms with Gasteiger partial charge in [-0.05, 0) is 30.3 Å². The van der Waals surface area contributed by atoms with Gasteiger partial charge in [0.05, 0.1) is 11.2 Å². The van der Waals surface area contributed by atoms with Crippen molar-refractivity contribution in [3.63, 3.8) is 0 Å². The lowest BCUT2D eigenvalue weighted by atomic mass is 10.1. The number of rotatable bonds is 6. The molecule has 0 aliphatic rings. The maximum absolute atomic E-state index is 12.3. The van der Waals surface area contributed by atoms with Gasteiger partial charge in [0.2, 0.25) is 0 Å². The summed E-state index contributed by atoms with van der Waals surface area (Å²) < 4.78 is 17.7. The summed E-state index contributed by atoms with van der Waals surface area (Å²) in [7, 11) is 1.88. The predicted molar refractivity (Wildman–Crippen MR) is 94.2 cm³/mol. The lowest BCUT2D eigenvalue weighted by Gasteiger charge is -2.10. The molecule has 3 aromatic rings. The number of nitrogens with zero attached hydrogens (tertiary/aromatic N) is 1. The number of pyridine rings is 1. The third kappa shape index (κ3) is 3.63. The molecule has 0 saturated carbocycles. The molecule has 1 heterocycles. The summed E-state index contributed by atoms with van der Waals surface area (Å²) in [5.41, 5.74) is 3.72. The van der Waals surface area contributed by atoms with Crippen molar-refractivity contribution in [2.75, 3.05) is 25.6 Å². The van der Waals surface area contributed by atoms with Crippen molar-refractivity contribution in [1.82, 2.24) is 4.98 Å². The van der Waals surface area contributed by atoms with E-state index in [9.17, 15) is 9.50 Å². The fraction of sp³-hybridized carbons (Fsp3) is 0.211. The molecular formula is C19H19FN2O2. The van der Waals surface area contributed by atoms with E-state index in [0.29, 0.717) is 5.75 Å². The van der Waals surface area contributed by atoms with Crippen molar-refractivity contribution in [3.05, 3.63) is 54.6 Å². The van der Waals surface area contributed by atoms with Gasteiger partial charge in [0.1, 0.15) is 25.1 Å². The maximum Gasteiger partial charge on any atom is 0.121 e. The molecule has 0 aliphatic heterocycles. The number of nitrogens with one attached hydrogen (secondary N) is 1. The van der Waals surface area contributed by atoms with Crippen LogP contribution < -0.4 is 10.1 Å². The van der Waals surface area contributed by atoms with Gasteiger partial charge in [-0.3, -0.25) is 0 Å². The number of anilines is 1. The molecular weight excluding hydrogens is 307 g/mol. The van der Waals surface area contributed by atoms with Crippen LogP contribution in [0, 0.1) is 0 Å². The highest BCUT2D eigenvalue weighted by Gasteiger charge is 2.06. The first-order chi connectivity index (χ1) is 11.7. The molecule has 2 aromatic carbocycles. The van der Waals surface area contributed by atoms with Crippen LogP contribution in [0.25, 0.3) is 22.2 Å². The van der Waals surface area contributed by atoms with E-state index in [2.05, 4.69) is 10.3 Å². The van der Waals surface area contributed by atoms with Gasteiger partial charge in [0, 0.05) is 29.8 Å². The Morgan fingerprint density at radius 3 is 2.58 bits per heavy atom. The van der Waals surface area contributed by atoms with Crippen LogP contribution in [-0.4, -0.2) is 36.5 Å². The molecule has 1 unspecified atom stereocenters. The van der Waals surface area contributed by atoms with Crippen molar-refractivity contribution in [2.45, 2.75) is 6.10 Å². The average Bonchev–Trinajstić information content (AvgIpc) is 2.65. The summed E-state index contributed by atoms with van der Waals surface area (Å²) in [6.07, 6.45) is -1.11. The van der Waals surface area contributed by atoms with Gasteiger partial charge in [-0.15, -0.1) is 0 Å². The van der Waals surface area contributed by atoms with Gasteiger partial charge < -0.3 is 15.2 Å². The molecule has 124 valence electrons. The lowest BCUT2D eigenvalue weighted by Crippen LogP contribution is -2.19. The zero-order valence-corrected chi connectivity index (χ0v) is 13.4. The van der Waals surface area contributed by atoms with Crippen LogP contribution in [0.4, 0.5) is 10.1 Å². The van der Waals surface area contributed by atoms with Crippen molar-refractivity contribution in [1.29, 1.82) is 0 Å².